The fourth-order valence-corrected chi connectivity index (χ4v) is 6.05. The van der Waals surface area contributed by atoms with E-state index in [-0.39, 0.29) is 43.8 Å². The minimum Gasteiger partial charge on any atom is -0.486 e. The lowest BCUT2D eigenvalue weighted by Crippen LogP contribution is -2.52. The quantitative estimate of drug-likeness (QED) is 0.307. The van der Waals surface area contributed by atoms with E-state index in [1.165, 1.54) is 4.31 Å². The lowest BCUT2D eigenvalue weighted by Gasteiger charge is -2.33. The summed E-state index contributed by atoms with van der Waals surface area (Å²) in [4.78, 5) is 29.2. The fraction of sp³-hybridized carbons (Fsp3) is 0.394. The molecule has 2 amide bonds. The van der Waals surface area contributed by atoms with Crippen LogP contribution in [0.3, 0.4) is 0 Å². The normalized spacial score (nSPS) is 13.3. The van der Waals surface area contributed by atoms with Gasteiger partial charge in [0.1, 0.15) is 19.3 Å². The number of carbonyl (C=O) groups is 2. The van der Waals surface area contributed by atoms with Crippen LogP contribution in [0.25, 0.3) is 0 Å². The Kier molecular flexibility index (Phi) is 10.7. The SMILES string of the molecule is Cc1ccccc1CN(C(=O)CCCN(c1ccc2c(c1)OCCO2)S(C)(=O)=O)C(Cc1ccccc1)C(=O)NC(C)C. The highest BCUT2D eigenvalue weighted by Crippen LogP contribution is 2.35. The molecule has 0 spiro atoms. The van der Waals surface area contributed by atoms with E-state index in [2.05, 4.69) is 5.32 Å². The van der Waals surface area contributed by atoms with E-state index >= 15 is 0 Å². The minimum absolute atomic E-state index is 0.0582. The van der Waals surface area contributed by atoms with Crippen LogP contribution in [-0.2, 0) is 32.6 Å². The molecule has 0 saturated heterocycles. The van der Waals surface area contributed by atoms with Gasteiger partial charge in [0.2, 0.25) is 21.8 Å². The molecule has 1 heterocycles. The zero-order chi connectivity index (χ0) is 31.0. The summed E-state index contributed by atoms with van der Waals surface area (Å²) in [5.74, 6) is 0.598. The molecule has 0 fully saturated rings. The van der Waals surface area contributed by atoms with Crippen molar-refractivity contribution in [3.8, 4) is 11.5 Å². The first-order valence-electron chi connectivity index (χ1n) is 14.6. The molecule has 1 atom stereocenters. The van der Waals surface area contributed by atoms with Gasteiger partial charge in [-0.05, 0) is 56.0 Å². The molecule has 0 radical (unpaired) electrons. The van der Waals surface area contributed by atoms with Crippen molar-refractivity contribution in [2.75, 3.05) is 30.3 Å². The molecular formula is C33H41N3O6S. The number of sulfonamides is 1. The number of hydrogen-bond donors (Lipinski definition) is 1. The fourth-order valence-electron chi connectivity index (χ4n) is 5.10. The smallest absolute Gasteiger partial charge is 0.243 e. The van der Waals surface area contributed by atoms with Crippen molar-refractivity contribution in [2.45, 2.75) is 58.7 Å². The first kappa shape index (κ1) is 31.9. The first-order chi connectivity index (χ1) is 20.5. The van der Waals surface area contributed by atoms with Gasteiger partial charge in [-0.2, -0.15) is 0 Å². The average molecular weight is 608 g/mol. The van der Waals surface area contributed by atoms with Crippen LogP contribution < -0.4 is 19.1 Å². The van der Waals surface area contributed by atoms with Gasteiger partial charge >= 0.3 is 0 Å². The first-order valence-corrected chi connectivity index (χ1v) is 16.4. The number of carbonyl (C=O) groups excluding carboxylic acids is 2. The van der Waals surface area contributed by atoms with Crippen molar-refractivity contribution < 1.29 is 27.5 Å². The second-order valence-corrected chi connectivity index (χ2v) is 13.0. The Labute approximate surface area is 254 Å². The number of aryl methyl sites for hydroxylation is 1. The van der Waals surface area contributed by atoms with Crippen LogP contribution >= 0.6 is 0 Å². The van der Waals surface area contributed by atoms with Crippen molar-refractivity contribution in [3.63, 3.8) is 0 Å². The van der Waals surface area contributed by atoms with E-state index < -0.39 is 16.1 Å². The molecule has 0 saturated carbocycles. The van der Waals surface area contributed by atoms with E-state index in [0.717, 1.165) is 22.9 Å². The van der Waals surface area contributed by atoms with Crippen LogP contribution in [0.1, 0.15) is 43.4 Å². The molecular weight excluding hydrogens is 566 g/mol. The topological polar surface area (TPSA) is 105 Å². The zero-order valence-electron chi connectivity index (χ0n) is 25.3. The van der Waals surface area contributed by atoms with Gasteiger partial charge in [0.15, 0.2) is 11.5 Å². The second-order valence-electron chi connectivity index (χ2n) is 11.1. The molecule has 0 aromatic heterocycles. The minimum atomic E-state index is -3.65. The number of nitrogens with one attached hydrogen (secondary N) is 1. The zero-order valence-corrected chi connectivity index (χ0v) is 26.1. The molecule has 3 aromatic carbocycles. The average Bonchev–Trinajstić information content (AvgIpc) is 2.97. The highest BCUT2D eigenvalue weighted by Gasteiger charge is 2.31. The third-order valence-corrected chi connectivity index (χ3v) is 8.46. The number of ether oxygens (including phenoxy) is 2. The van der Waals surface area contributed by atoms with E-state index in [1.807, 2.05) is 75.4 Å². The lowest BCUT2D eigenvalue weighted by molar-refractivity contribution is -0.141. The highest BCUT2D eigenvalue weighted by atomic mass is 32.2. The molecule has 9 nitrogen and oxygen atoms in total. The molecule has 3 aromatic rings. The number of amides is 2. The maximum Gasteiger partial charge on any atom is 0.243 e. The largest absolute Gasteiger partial charge is 0.486 e. The Morgan fingerprint density at radius 3 is 2.28 bits per heavy atom. The van der Waals surface area contributed by atoms with Gasteiger partial charge in [-0.15, -0.1) is 0 Å². The molecule has 0 aliphatic carbocycles. The van der Waals surface area contributed by atoms with Crippen LogP contribution in [0.5, 0.6) is 11.5 Å². The number of nitrogens with zero attached hydrogens (tertiary/aromatic N) is 2. The van der Waals surface area contributed by atoms with Crippen LogP contribution in [0.15, 0.2) is 72.8 Å². The van der Waals surface area contributed by atoms with Crippen molar-refractivity contribution >= 4 is 27.5 Å². The van der Waals surface area contributed by atoms with Gasteiger partial charge in [0, 0.05) is 38.0 Å². The van der Waals surface area contributed by atoms with E-state index in [0.29, 0.717) is 36.8 Å². The van der Waals surface area contributed by atoms with Gasteiger partial charge in [-0.25, -0.2) is 8.42 Å². The van der Waals surface area contributed by atoms with Crippen LogP contribution in [-0.4, -0.2) is 63.2 Å². The Hall–Kier alpha value is -4.05. The predicted octanol–water partition coefficient (Wildman–Crippen LogP) is 4.48. The van der Waals surface area contributed by atoms with Gasteiger partial charge < -0.3 is 19.7 Å². The maximum absolute atomic E-state index is 14.0. The Bertz CT molecular complexity index is 1510. The number of hydrogen-bond acceptors (Lipinski definition) is 6. The summed E-state index contributed by atoms with van der Waals surface area (Å²) >= 11 is 0. The molecule has 1 aliphatic rings. The summed E-state index contributed by atoms with van der Waals surface area (Å²) in [6.45, 7) is 6.93. The van der Waals surface area contributed by atoms with E-state index in [4.69, 9.17) is 9.47 Å². The van der Waals surface area contributed by atoms with Gasteiger partial charge in [-0.1, -0.05) is 54.6 Å². The predicted molar refractivity (Wildman–Crippen MR) is 168 cm³/mol. The Balaban J connectivity index is 1.58. The number of anilines is 1. The van der Waals surface area contributed by atoms with E-state index in [9.17, 15) is 18.0 Å². The Morgan fingerprint density at radius 2 is 1.60 bits per heavy atom. The lowest BCUT2D eigenvalue weighted by atomic mass is 10.0. The molecule has 43 heavy (non-hydrogen) atoms. The Morgan fingerprint density at radius 1 is 0.930 bits per heavy atom. The number of fused-ring (bicyclic) bond motifs is 1. The van der Waals surface area contributed by atoms with Crippen molar-refractivity contribution in [2.24, 2.45) is 0 Å². The van der Waals surface area contributed by atoms with Crippen LogP contribution in [0, 0.1) is 6.92 Å². The molecule has 230 valence electrons. The molecule has 4 rings (SSSR count). The third kappa shape index (κ3) is 8.73. The van der Waals surface area contributed by atoms with Crippen molar-refractivity contribution in [1.82, 2.24) is 10.2 Å². The maximum atomic E-state index is 14.0. The van der Waals surface area contributed by atoms with E-state index in [1.54, 1.807) is 23.1 Å². The van der Waals surface area contributed by atoms with Gasteiger partial charge in [0.05, 0.1) is 11.9 Å². The van der Waals surface area contributed by atoms with Crippen molar-refractivity contribution in [3.05, 3.63) is 89.5 Å². The summed E-state index contributed by atoms with van der Waals surface area (Å²) in [6, 6.07) is 21.6. The molecule has 10 heteroatoms. The summed E-state index contributed by atoms with van der Waals surface area (Å²) in [5, 5.41) is 3.00. The highest BCUT2D eigenvalue weighted by molar-refractivity contribution is 7.92. The number of rotatable bonds is 13. The summed E-state index contributed by atoms with van der Waals surface area (Å²) in [7, 11) is -3.65. The molecule has 1 N–H and O–H groups in total. The second kappa shape index (κ2) is 14.4. The standard InChI is InChI=1S/C33H41N3O6S/c1-24(2)34-33(38)29(21-26-12-6-5-7-13-26)35(23-27-14-9-8-11-25(27)3)32(37)15-10-18-36(43(4,39)40)28-16-17-30-31(22-28)42-20-19-41-30/h5-9,11-14,16-17,22,24,29H,10,15,18-21,23H2,1-4H3,(H,34,38). The summed E-state index contributed by atoms with van der Waals surface area (Å²) in [6.07, 6.45) is 1.81. The third-order valence-electron chi connectivity index (χ3n) is 7.27. The molecule has 1 unspecified atom stereocenters. The van der Waals surface area contributed by atoms with Crippen LogP contribution in [0.4, 0.5) is 5.69 Å². The van der Waals surface area contributed by atoms with Gasteiger partial charge in [0.25, 0.3) is 0 Å². The summed E-state index contributed by atoms with van der Waals surface area (Å²) < 4.78 is 38.1. The molecule has 0 bridgehead atoms. The van der Waals surface area contributed by atoms with Crippen molar-refractivity contribution in [1.29, 1.82) is 0 Å². The monoisotopic (exact) mass is 607 g/mol. The van der Waals surface area contributed by atoms with Crippen LogP contribution in [0.2, 0.25) is 0 Å². The summed E-state index contributed by atoms with van der Waals surface area (Å²) in [5.41, 5.74) is 3.34. The number of benzene rings is 3. The van der Waals surface area contributed by atoms with Gasteiger partial charge in [-0.3, -0.25) is 13.9 Å². The molecule has 1 aliphatic heterocycles.